The zero-order chi connectivity index (χ0) is 10.6. The summed E-state index contributed by atoms with van der Waals surface area (Å²) in [6.45, 7) is 3.19. The van der Waals surface area contributed by atoms with Crippen LogP contribution < -0.4 is 11.3 Å². The van der Waals surface area contributed by atoms with Crippen molar-refractivity contribution in [3.05, 3.63) is 48.2 Å². The highest BCUT2D eigenvalue weighted by atomic mass is 16.5. The molecule has 0 aromatic heterocycles. The van der Waals surface area contributed by atoms with Crippen molar-refractivity contribution < 1.29 is 19.4 Å². The van der Waals surface area contributed by atoms with Gasteiger partial charge in [0.25, 0.3) is 0 Å². The first kappa shape index (κ1) is 12.9. The van der Waals surface area contributed by atoms with E-state index in [1.54, 1.807) is 0 Å². The molecule has 80 valence electrons. The van der Waals surface area contributed by atoms with Crippen LogP contribution in [0.1, 0.15) is 20.7 Å². The van der Waals surface area contributed by atoms with Crippen LogP contribution in [0.4, 0.5) is 0 Å². The van der Waals surface area contributed by atoms with E-state index in [4.69, 9.17) is 0 Å². The van der Waals surface area contributed by atoms with Gasteiger partial charge in [-0.2, -0.15) is 0 Å². The number of carbonyl (C=O) groups excluding carboxylic acids is 2. The Morgan fingerprint density at radius 1 is 1.27 bits per heavy atom. The molecular weight excluding hydrogens is 198 g/mol. The van der Waals surface area contributed by atoms with Crippen molar-refractivity contribution in [2.45, 2.75) is 0 Å². The fourth-order valence-electron chi connectivity index (χ4n) is 0.978. The topological polar surface area (TPSA) is 103 Å². The molecule has 0 heterocycles. The van der Waals surface area contributed by atoms with Crippen molar-refractivity contribution in [1.82, 2.24) is 6.15 Å². The predicted molar refractivity (Wildman–Crippen MR) is 52.4 cm³/mol. The number of quaternary nitrogens is 1. The molecule has 15 heavy (non-hydrogen) atoms. The number of carboxylic acid groups (broad SMARTS) is 1. The third kappa shape index (κ3) is 2.92. The summed E-state index contributed by atoms with van der Waals surface area (Å²) in [7, 11) is 0. The minimum atomic E-state index is -1.42. The van der Waals surface area contributed by atoms with Crippen LogP contribution in [0.5, 0.6) is 0 Å². The lowest BCUT2D eigenvalue weighted by molar-refractivity contribution is -0.255. The van der Waals surface area contributed by atoms with Gasteiger partial charge >= 0.3 is 5.97 Å². The predicted octanol–water partition coefficient (Wildman–Crippen LogP) is 0.727. The van der Waals surface area contributed by atoms with Crippen molar-refractivity contribution in [2.24, 2.45) is 0 Å². The van der Waals surface area contributed by atoms with Crippen molar-refractivity contribution in [2.75, 3.05) is 0 Å². The number of carboxylic acids is 1. The Kier molecular flexibility index (Phi) is 4.77. The zero-order valence-corrected chi connectivity index (χ0v) is 8.23. The first-order valence-corrected chi connectivity index (χ1v) is 3.79. The summed E-state index contributed by atoms with van der Waals surface area (Å²) in [5, 5.41) is 10.6. The molecule has 0 atom stereocenters. The minimum absolute atomic E-state index is 0. The molecule has 0 aliphatic heterocycles. The Hall–Kier alpha value is -2.14. The molecule has 0 amide bonds. The Morgan fingerprint density at radius 3 is 2.27 bits per heavy atom. The summed E-state index contributed by atoms with van der Waals surface area (Å²) in [5.74, 6) is -2.18. The molecule has 0 aliphatic rings. The van der Waals surface area contributed by atoms with Crippen LogP contribution in [0, 0.1) is 0 Å². The molecule has 0 spiro atoms. The van der Waals surface area contributed by atoms with Crippen molar-refractivity contribution >= 4 is 11.9 Å². The molecule has 0 fully saturated rings. The van der Waals surface area contributed by atoms with Gasteiger partial charge in [0.05, 0.1) is 17.8 Å². The second kappa shape index (κ2) is 5.56. The standard InChI is InChI=1S/C10H8O4.H3N/c1-2-14-10(13)8-6-4-3-5-7(8)9(11)12;/h2-6H,1H2,(H,11,12);1H3. The number of benzene rings is 1. The van der Waals surface area contributed by atoms with E-state index in [0.717, 1.165) is 6.26 Å². The molecule has 0 radical (unpaired) electrons. The molecule has 1 rings (SSSR count). The van der Waals surface area contributed by atoms with Gasteiger partial charge in [-0.1, -0.05) is 24.8 Å². The summed E-state index contributed by atoms with van der Waals surface area (Å²) in [6.07, 6.45) is 0.939. The number of carbonyl (C=O) groups is 2. The van der Waals surface area contributed by atoms with E-state index in [9.17, 15) is 14.7 Å². The molecule has 5 nitrogen and oxygen atoms in total. The van der Waals surface area contributed by atoms with Crippen LogP contribution in [-0.4, -0.2) is 11.9 Å². The van der Waals surface area contributed by atoms with Crippen molar-refractivity contribution in [3.8, 4) is 0 Å². The molecular formula is C10H11NO4. The number of ether oxygens (including phenoxy) is 1. The average Bonchev–Trinajstić information content (AvgIpc) is 2.18. The molecule has 1 aromatic rings. The minimum Gasteiger partial charge on any atom is -0.545 e. The van der Waals surface area contributed by atoms with E-state index >= 15 is 0 Å². The van der Waals surface area contributed by atoms with Gasteiger partial charge in [-0.25, -0.2) is 4.79 Å². The number of hydrogen-bond acceptors (Lipinski definition) is 4. The summed E-state index contributed by atoms with van der Waals surface area (Å²) >= 11 is 0. The lowest BCUT2D eigenvalue weighted by Gasteiger charge is -2.07. The van der Waals surface area contributed by atoms with Gasteiger partial charge in [0.15, 0.2) is 0 Å². The Labute approximate surface area is 86.6 Å². The fourth-order valence-corrected chi connectivity index (χ4v) is 0.978. The molecule has 5 heteroatoms. The van der Waals surface area contributed by atoms with E-state index in [-0.39, 0.29) is 17.3 Å². The molecule has 0 aliphatic carbocycles. The first-order chi connectivity index (χ1) is 6.66. The highest BCUT2D eigenvalue weighted by Gasteiger charge is 2.11. The maximum absolute atomic E-state index is 11.2. The number of rotatable bonds is 3. The van der Waals surface area contributed by atoms with Crippen LogP contribution in [0.3, 0.4) is 0 Å². The largest absolute Gasteiger partial charge is 0.545 e. The molecule has 4 N–H and O–H groups in total. The van der Waals surface area contributed by atoms with Crippen LogP contribution in [0.15, 0.2) is 37.1 Å². The van der Waals surface area contributed by atoms with Crippen LogP contribution >= 0.6 is 0 Å². The van der Waals surface area contributed by atoms with Gasteiger partial charge in [0.2, 0.25) is 0 Å². The maximum Gasteiger partial charge on any atom is 0.343 e. The summed E-state index contributed by atoms with van der Waals surface area (Å²) in [6, 6.07) is 5.65. The first-order valence-electron chi connectivity index (χ1n) is 3.79. The fraction of sp³-hybridized carbons (Fsp3) is 0. The number of hydrogen-bond donors (Lipinski definition) is 1. The Balaban J connectivity index is 0.00000196. The van der Waals surface area contributed by atoms with Crippen LogP contribution in [0.2, 0.25) is 0 Å². The van der Waals surface area contributed by atoms with Gasteiger partial charge in [-0.05, 0) is 6.07 Å². The van der Waals surface area contributed by atoms with Gasteiger partial charge in [-0.15, -0.1) is 0 Å². The molecule has 0 saturated heterocycles. The maximum atomic E-state index is 11.2. The summed E-state index contributed by atoms with van der Waals surface area (Å²) in [4.78, 5) is 21.8. The van der Waals surface area contributed by atoms with Gasteiger partial charge in [-0.3, -0.25) is 0 Å². The number of esters is 1. The zero-order valence-electron chi connectivity index (χ0n) is 8.23. The van der Waals surface area contributed by atoms with Crippen molar-refractivity contribution in [1.29, 1.82) is 0 Å². The highest BCUT2D eigenvalue weighted by Crippen LogP contribution is 2.09. The normalized spacial score (nSPS) is 8.53. The Bertz CT molecular complexity index is 387. The van der Waals surface area contributed by atoms with E-state index in [1.165, 1.54) is 24.3 Å². The lowest BCUT2D eigenvalue weighted by atomic mass is 10.1. The van der Waals surface area contributed by atoms with E-state index in [2.05, 4.69) is 11.3 Å². The second-order valence-electron chi connectivity index (χ2n) is 2.41. The molecule has 0 unspecified atom stereocenters. The number of aromatic carboxylic acids is 1. The average molecular weight is 209 g/mol. The third-order valence-corrected chi connectivity index (χ3v) is 1.56. The van der Waals surface area contributed by atoms with Crippen LogP contribution in [-0.2, 0) is 4.74 Å². The second-order valence-corrected chi connectivity index (χ2v) is 2.41. The highest BCUT2D eigenvalue weighted by molar-refractivity contribution is 6.01. The van der Waals surface area contributed by atoms with E-state index in [0.29, 0.717) is 0 Å². The smallest absolute Gasteiger partial charge is 0.343 e. The SMILES string of the molecule is C=COC(=O)c1ccccc1C(=O)[O-].[NH4+]. The third-order valence-electron chi connectivity index (χ3n) is 1.56. The van der Waals surface area contributed by atoms with Crippen LogP contribution in [0.25, 0.3) is 0 Å². The summed E-state index contributed by atoms with van der Waals surface area (Å²) in [5.41, 5.74) is -0.244. The summed E-state index contributed by atoms with van der Waals surface area (Å²) < 4.78 is 4.45. The van der Waals surface area contributed by atoms with Crippen molar-refractivity contribution in [3.63, 3.8) is 0 Å². The quantitative estimate of drug-likeness (QED) is 0.585. The van der Waals surface area contributed by atoms with E-state index < -0.39 is 11.9 Å². The Morgan fingerprint density at radius 2 is 1.80 bits per heavy atom. The monoisotopic (exact) mass is 209 g/mol. The lowest BCUT2D eigenvalue weighted by Crippen LogP contribution is -2.25. The van der Waals surface area contributed by atoms with Gasteiger partial charge in [0, 0.05) is 5.56 Å². The van der Waals surface area contributed by atoms with E-state index in [1.807, 2.05) is 0 Å². The van der Waals surface area contributed by atoms with Gasteiger partial charge < -0.3 is 20.8 Å². The van der Waals surface area contributed by atoms with Gasteiger partial charge in [0.1, 0.15) is 0 Å². The molecule has 1 aromatic carbocycles. The molecule has 0 saturated carbocycles. The molecule has 0 bridgehead atoms.